The Morgan fingerprint density at radius 3 is 2.47 bits per heavy atom. The molecule has 0 aromatic heterocycles. The first-order chi connectivity index (χ1) is 15.0. The SMILES string of the molecule is CC1=CC(C)(C)N(C)c2cc(C)c(/C=C3/C(=O)NC(=O)N(c4cccc(Br)c4)C3=O)cc21. The summed E-state index contributed by atoms with van der Waals surface area (Å²) >= 11 is 3.35. The van der Waals surface area contributed by atoms with Crippen LogP contribution in [0.5, 0.6) is 0 Å². The largest absolute Gasteiger partial charge is 0.365 e. The van der Waals surface area contributed by atoms with Crippen molar-refractivity contribution in [3.63, 3.8) is 0 Å². The minimum atomic E-state index is -0.764. The molecule has 7 heteroatoms. The summed E-state index contributed by atoms with van der Waals surface area (Å²) in [6, 6.07) is 10.1. The van der Waals surface area contributed by atoms with Gasteiger partial charge in [0.05, 0.1) is 11.2 Å². The van der Waals surface area contributed by atoms with Crippen LogP contribution in [0.4, 0.5) is 16.2 Å². The molecule has 2 aromatic rings. The summed E-state index contributed by atoms with van der Waals surface area (Å²) in [5.74, 6) is -1.35. The fourth-order valence-electron chi connectivity index (χ4n) is 4.14. The lowest BCUT2D eigenvalue weighted by Gasteiger charge is -2.41. The van der Waals surface area contributed by atoms with Gasteiger partial charge in [0, 0.05) is 22.8 Å². The average Bonchev–Trinajstić information content (AvgIpc) is 2.69. The molecule has 6 nitrogen and oxygen atoms in total. The number of nitrogens with one attached hydrogen (secondary N) is 1. The van der Waals surface area contributed by atoms with Gasteiger partial charge in [0.2, 0.25) is 0 Å². The Balaban J connectivity index is 1.80. The van der Waals surface area contributed by atoms with Gasteiger partial charge in [-0.05, 0) is 80.8 Å². The summed E-state index contributed by atoms with van der Waals surface area (Å²) in [5, 5.41) is 2.28. The second-order valence-electron chi connectivity index (χ2n) is 8.70. The third-order valence-corrected chi connectivity index (χ3v) is 6.57. The number of imide groups is 2. The molecular formula is C25H24BrN3O3. The second kappa shape index (κ2) is 7.74. The lowest BCUT2D eigenvalue weighted by molar-refractivity contribution is -0.122. The number of carbonyl (C=O) groups excluding carboxylic acids is 3. The maximum Gasteiger partial charge on any atom is 0.335 e. The summed E-state index contributed by atoms with van der Waals surface area (Å²) in [6.45, 7) is 8.32. The van der Waals surface area contributed by atoms with Crippen molar-refractivity contribution in [1.29, 1.82) is 0 Å². The monoisotopic (exact) mass is 493 g/mol. The standard InChI is InChI=1S/C25H24BrN3O3/c1-14-9-21-19(15(2)13-25(3,4)28(21)5)10-16(14)11-20-22(30)27-24(32)29(23(20)31)18-8-6-7-17(26)12-18/h6-13H,1-5H3,(H,27,30,32)/b20-11-. The summed E-state index contributed by atoms with van der Waals surface area (Å²) in [5.41, 5.74) is 5.14. The van der Waals surface area contributed by atoms with Gasteiger partial charge in [-0.3, -0.25) is 14.9 Å². The molecule has 0 atom stereocenters. The topological polar surface area (TPSA) is 69.7 Å². The van der Waals surface area contributed by atoms with Crippen LogP contribution < -0.4 is 15.1 Å². The third kappa shape index (κ3) is 3.66. The number of hydrogen-bond acceptors (Lipinski definition) is 4. The van der Waals surface area contributed by atoms with E-state index in [0.29, 0.717) is 5.69 Å². The van der Waals surface area contributed by atoms with E-state index in [1.54, 1.807) is 30.3 Å². The smallest absolute Gasteiger partial charge is 0.335 e. The molecule has 1 fully saturated rings. The van der Waals surface area contributed by atoms with Gasteiger partial charge >= 0.3 is 6.03 Å². The van der Waals surface area contributed by atoms with E-state index >= 15 is 0 Å². The molecular weight excluding hydrogens is 470 g/mol. The van der Waals surface area contributed by atoms with E-state index in [4.69, 9.17) is 0 Å². The number of amides is 4. The van der Waals surface area contributed by atoms with E-state index < -0.39 is 17.8 Å². The minimum Gasteiger partial charge on any atom is -0.365 e. The van der Waals surface area contributed by atoms with Gasteiger partial charge < -0.3 is 4.90 Å². The van der Waals surface area contributed by atoms with E-state index in [0.717, 1.165) is 37.3 Å². The maximum absolute atomic E-state index is 13.2. The number of likely N-dealkylation sites (N-methyl/N-ethyl adjacent to an activating group) is 1. The normalized spacial score (nSPS) is 19.1. The quantitative estimate of drug-likeness (QED) is 0.469. The molecule has 4 amide bonds. The Morgan fingerprint density at radius 2 is 1.78 bits per heavy atom. The number of anilines is 2. The molecule has 2 aliphatic rings. The fourth-order valence-corrected chi connectivity index (χ4v) is 4.52. The maximum atomic E-state index is 13.2. The number of halogens is 1. The van der Waals surface area contributed by atoms with Gasteiger partial charge in [0.15, 0.2) is 0 Å². The molecule has 2 aromatic carbocycles. The number of carbonyl (C=O) groups is 3. The Morgan fingerprint density at radius 1 is 1.06 bits per heavy atom. The molecule has 2 heterocycles. The lowest BCUT2D eigenvalue weighted by atomic mass is 9.87. The van der Waals surface area contributed by atoms with Crippen molar-refractivity contribution in [1.82, 2.24) is 5.32 Å². The molecule has 0 saturated carbocycles. The second-order valence-corrected chi connectivity index (χ2v) is 9.62. The molecule has 0 spiro atoms. The zero-order chi connectivity index (χ0) is 23.4. The molecule has 0 radical (unpaired) electrons. The fraction of sp³-hybridized carbons (Fsp3) is 0.240. The highest BCUT2D eigenvalue weighted by molar-refractivity contribution is 9.10. The van der Waals surface area contributed by atoms with Crippen LogP contribution in [-0.4, -0.2) is 30.4 Å². The van der Waals surface area contributed by atoms with Gasteiger partial charge in [-0.2, -0.15) is 0 Å². The lowest BCUT2D eigenvalue weighted by Crippen LogP contribution is -2.54. The Labute approximate surface area is 195 Å². The highest BCUT2D eigenvalue weighted by Gasteiger charge is 2.37. The van der Waals surface area contributed by atoms with Crippen molar-refractivity contribution < 1.29 is 14.4 Å². The van der Waals surface area contributed by atoms with Gasteiger partial charge in [-0.15, -0.1) is 0 Å². The number of urea groups is 1. The zero-order valence-corrected chi connectivity index (χ0v) is 20.2. The van der Waals surface area contributed by atoms with Crippen LogP contribution in [0.15, 0.2) is 52.5 Å². The number of aryl methyl sites for hydroxylation is 1. The predicted octanol–water partition coefficient (Wildman–Crippen LogP) is 5.06. The number of benzene rings is 2. The molecule has 1 saturated heterocycles. The van der Waals surface area contributed by atoms with Crippen molar-refractivity contribution in [2.45, 2.75) is 33.2 Å². The molecule has 2 aliphatic heterocycles. The predicted molar refractivity (Wildman–Crippen MR) is 130 cm³/mol. The molecule has 0 aliphatic carbocycles. The van der Waals surface area contributed by atoms with E-state index in [2.05, 4.69) is 66.1 Å². The molecule has 1 N–H and O–H groups in total. The first kappa shape index (κ1) is 22.0. The van der Waals surface area contributed by atoms with E-state index in [1.165, 1.54) is 0 Å². The molecule has 0 bridgehead atoms. The summed E-state index contributed by atoms with van der Waals surface area (Å²) in [6.07, 6.45) is 3.77. The molecule has 164 valence electrons. The summed E-state index contributed by atoms with van der Waals surface area (Å²) < 4.78 is 0.720. The van der Waals surface area contributed by atoms with Crippen LogP contribution in [0, 0.1) is 6.92 Å². The Hall–Kier alpha value is -3.19. The number of barbiturate groups is 1. The number of hydrogen-bond donors (Lipinski definition) is 1. The van der Waals surface area contributed by atoms with Gasteiger partial charge in [-0.25, -0.2) is 9.69 Å². The van der Waals surface area contributed by atoms with E-state index in [9.17, 15) is 14.4 Å². The van der Waals surface area contributed by atoms with Crippen molar-refractivity contribution in [2.24, 2.45) is 0 Å². The van der Waals surface area contributed by atoms with Crippen LogP contribution in [0.25, 0.3) is 11.6 Å². The average molecular weight is 494 g/mol. The van der Waals surface area contributed by atoms with Crippen molar-refractivity contribution >= 4 is 56.8 Å². The number of rotatable bonds is 2. The van der Waals surface area contributed by atoms with E-state index in [1.807, 2.05) is 13.0 Å². The van der Waals surface area contributed by atoms with Crippen LogP contribution in [0.2, 0.25) is 0 Å². The molecule has 0 unspecified atom stereocenters. The van der Waals surface area contributed by atoms with Gasteiger partial charge in [0.25, 0.3) is 11.8 Å². The van der Waals surface area contributed by atoms with Crippen molar-refractivity contribution in [3.8, 4) is 0 Å². The first-order valence-electron chi connectivity index (χ1n) is 10.2. The highest BCUT2D eigenvalue weighted by atomic mass is 79.9. The first-order valence-corrected chi connectivity index (χ1v) is 11.0. The van der Waals surface area contributed by atoms with Crippen LogP contribution in [-0.2, 0) is 9.59 Å². The van der Waals surface area contributed by atoms with E-state index in [-0.39, 0.29) is 11.1 Å². The summed E-state index contributed by atoms with van der Waals surface area (Å²) in [7, 11) is 2.05. The van der Waals surface area contributed by atoms with Crippen LogP contribution in [0.1, 0.15) is 37.5 Å². The number of allylic oxidation sites excluding steroid dienone is 1. The summed E-state index contributed by atoms with van der Waals surface area (Å²) in [4.78, 5) is 41.4. The molecule has 32 heavy (non-hydrogen) atoms. The Bertz CT molecular complexity index is 1240. The van der Waals surface area contributed by atoms with Crippen LogP contribution >= 0.6 is 15.9 Å². The number of nitrogens with zero attached hydrogens (tertiary/aromatic N) is 2. The van der Waals surface area contributed by atoms with Gasteiger partial charge in [-0.1, -0.05) is 28.1 Å². The van der Waals surface area contributed by atoms with Crippen molar-refractivity contribution in [2.75, 3.05) is 16.8 Å². The minimum absolute atomic E-state index is 0.0845. The van der Waals surface area contributed by atoms with Crippen molar-refractivity contribution in [3.05, 3.63) is 69.2 Å². The Kier molecular flexibility index (Phi) is 5.33. The number of fused-ring (bicyclic) bond motifs is 1. The zero-order valence-electron chi connectivity index (χ0n) is 18.6. The third-order valence-electron chi connectivity index (χ3n) is 6.07. The van der Waals surface area contributed by atoms with Gasteiger partial charge in [0.1, 0.15) is 5.57 Å². The molecule has 4 rings (SSSR count). The highest BCUT2D eigenvalue weighted by Crippen LogP contribution is 2.39. The van der Waals surface area contributed by atoms with Crippen LogP contribution in [0.3, 0.4) is 0 Å².